The summed E-state index contributed by atoms with van der Waals surface area (Å²) in [4.78, 5) is 13.3. The number of hydrazine groups is 1. The molecule has 1 aliphatic heterocycles. The van der Waals surface area contributed by atoms with E-state index in [1.807, 2.05) is 37.3 Å². The first kappa shape index (κ1) is 25.2. The van der Waals surface area contributed by atoms with Crippen molar-refractivity contribution in [2.45, 2.75) is 50.5 Å². The molecule has 1 aliphatic rings. The Kier molecular flexibility index (Phi) is 7.03. The van der Waals surface area contributed by atoms with E-state index in [2.05, 4.69) is 40.8 Å². The summed E-state index contributed by atoms with van der Waals surface area (Å²) in [5, 5.41) is 9.69. The molecular formula is C27H29N5O3S. The van der Waals surface area contributed by atoms with Crippen molar-refractivity contribution in [3.8, 4) is 0 Å². The summed E-state index contributed by atoms with van der Waals surface area (Å²) >= 11 is 0. The number of carbonyl (C=O) groups excluding carboxylic acids is 1. The topological polar surface area (TPSA) is 104 Å². The summed E-state index contributed by atoms with van der Waals surface area (Å²) < 4.78 is 29.9. The maximum Gasteiger partial charge on any atom is 0.284 e. The molecule has 0 aromatic heterocycles. The Morgan fingerprint density at radius 2 is 1.58 bits per heavy atom. The second-order valence-corrected chi connectivity index (χ2v) is 10.9. The van der Waals surface area contributed by atoms with Gasteiger partial charge in [0.2, 0.25) is 6.04 Å². The van der Waals surface area contributed by atoms with E-state index in [0.717, 1.165) is 12.0 Å². The van der Waals surface area contributed by atoms with Gasteiger partial charge in [-0.05, 0) is 60.7 Å². The van der Waals surface area contributed by atoms with Crippen LogP contribution < -0.4 is 10.4 Å². The minimum absolute atomic E-state index is 0.0258. The Balaban J connectivity index is 1.68. The van der Waals surface area contributed by atoms with Gasteiger partial charge in [-0.2, -0.15) is 18.6 Å². The molecule has 1 saturated heterocycles. The highest BCUT2D eigenvalue weighted by Crippen LogP contribution is 2.29. The quantitative estimate of drug-likeness (QED) is 0.432. The number of para-hydroxylation sites is 1. The van der Waals surface area contributed by atoms with Crippen LogP contribution in [0.1, 0.15) is 38.3 Å². The molecule has 9 heteroatoms. The minimum Gasteiger partial charge on any atom is -0.275 e. The predicted molar refractivity (Wildman–Crippen MR) is 141 cm³/mol. The summed E-state index contributed by atoms with van der Waals surface area (Å²) in [6, 6.07) is 21.6. The first-order chi connectivity index (χ1) is 17.1. The molecule has 1 N–H and O–H groups in total. The second-order valence-electron chi connectivity index (χ2n) is 9.29. The smallest absolute Gasteiger partial charge is 0.275 e. The van der Waals surface area contributed by atoms with Gasteiger partial charge < -0.3 is 0 Å². The van der Waals surface area contributed by atoms with Crippen molar-refractivity contribution in [1.82, 2.24) is 5.43 Å². The monoisotopic (exact) mass is 503 g/mol. The number of hydrogen-bond donors (Lipinski definition) is 1. The number of azo groups is 1. The maximum atomic E-state index is 13.3. The van der Waals surface area contributed by atoms with E-state index < -0.39 is 22.0 Å². The van der Waals surface area contributed by atoms with Crippen molar-refractivity contribution in [3.05, 3.63) is 90.0 Å². The van der Waals surface area contributed by atoms with Crippen LogP contribution in [0.15, 0.2) is 98.4 Å². The van der Waals surface area contributed by atoms with Gasteiger partial charge in [0.05, 0.1) is 16.3 Å². The summed E-state index contributed by atoms with van der Waals surface area (Å²) in [5.74, 6) is -0.594. The second kappa shape index (κ2) is 10.0. The molecule has 3 aromatic carbocycles. The first-order valence-corrected chi connectivity index (χ1v) is 13.1. The molecule has 0 spiro atoms. The molecule has 0 saturated carbocycles. The molecule has 0 aliphatic carbocycles. The van der Waals surface area contributed by atoms with Gasteiger partial charge in [-0.3, -0.25) is 10.2 Å². The van der Waals surface area contributed by atoms with Crippen LogP contribution in [-0.2, 0) is 20.2 Å². The lowest BCUT2D eigenvalue weighted by atomic mass is 9.82. The van der Waals surface area contributed by atoms with Gasteiger partial charge in [0.15, 0.2) is 5.84 Å². The van der Waals surface area contributed by atoms with Crippen LogP contribution >= 0.6 is 0 Å². The van der Waals surface area contributed by atoms with Crippen LogP contribution in [0.5, 0.6) is 0 Å². The maximum absolute atomic E-state index is 13.3. The van der Waals surface area contributed by atoms with Crippen molar-refractivity contribution in [2.75, 3.05) is 5.01 Å². The number of amidine groups is 1. The van der Waals surface area contributed by atoms with Gasteiger partial charge in [0.25, 0.3) is 15.9 Å². The Morgan fingerprint density at radius 1 is 0.944 bits per heavy atom. The lowest BCUT2D eigenvalue weighted by Gasteiger charge is -2.23. The molecule has 1 atom stereocenters. The molecule has 186 valence electrons. The highest BCUT2D eigenvalue weighted by Gasteiger charge is 2.40. The number of rotatable bonds is 7. The normalized spacial score (nSPS) is 17.7. The Bertz CT molecular complexity index is 1400. The average Bonchev–Trinajstić information content (AvgIpc) is 3.17. The number of amides is 1. The van der Waals surface area contributed by atoms with Crippen molar-refractivity contribution < 1.29 is 13.2 Å². The van der Waals surface area contributed by atoms with E-state index in [9.17, 15) is 13.2 Å². The van der Waals surface area contributed by atoms with Gasteiger partial charge in [0.1, 0.15) is 0 Å². The zero-order valence-electron chi connectivity index (χ0n) is 20.7. The molecular weight excluding hydrogens is 474 g/mol. The van der Waals surface area contributed by atoms with Crippen LogP contribution in [0.3, 0.4) is 0 Å². The molecule has 1 unspecified atom stereocenters. The Morgan fingerprint density at radius 3 is 2.19 bits per heavy atom. The number of benzene rings is 3. The van der Waals surface area contributed by atoms with Crippen molar-refractivity contribution >= 4 is 33.1 Å². The van der Waals surface area contributed by atoms with Crippen LogP contribution in [0.25, 0.3) is 0 Å². The number of anilines is 1. The number of nitrogens with one attached hydrogen (secondary N) is 1. The van der Waals surface area contributed by atoms with Gasteiger partial charge in [-0.25, -0.2) is 5.01 Å². The average molecular weight is 504 g/mol. The predicted octanol–water partition coefficient (Wildman–Crippen LogP) is 5.47. The summed E-state index contributed by atoms with van der Waals surface area (Å²) in [6.45, 7) is 8.34. The highest BCUT2D eigenvalue weighted by atomic mass is 32.2. The van der Waals surface area contributed by atoms with Crippen LogP contribution in [0.2, 0.25) is 0 Å². The van der Waals surface area contributed by atoms with Crippen molar-refractivity contribution in [3.63, 3.8) is 0 Å². The molecule has 1 fully saturated rings. The zero-order chi connectivity index (χ0) is 25.9. The largest absolute Gasteiger partial charge is 0.284 e. The molecule has 0 radical (unpaired) electrons. The fraction of sp³-hybridized carbons (Fsp3) is 0.259. The van der Waals surface area contributed by atoms with Gasteiger partial charge in [-0.15, -0.1) is 4.40 Å². The highest BCUT2D eigenvalue weighted by molar-refractivity contribution is 7.90. The third-order valence-corrected chi connectivity index (χ3v) is 7.62. The number of sulfonamides is 1. The molecule has 1 amide bonds. The standard InChI is InChI=1S/C27H29N5O3S/c1-5-27(3,4)20-13-15-21(16-14-20)28-29-24-25(30-32(26(24)33)22-9-7-6-8-10-22)31-36(34,35)23-17-11-19(2)12-18-23/h6-18,24H,5H2,1-4H3,(H,30,31). The number of aryl methyl sites for hydroxylation is 1. The third-order valence-electron chi connectivity index (χ3n) is 6.31. The number of carbonyl (C=O) groups is 1. The Labute approximate surface area is 211 Å². The van der Waals surface area contributed by atoms with Crippen LogP contribution in [-0.4, -0.2) is 26.2 Å². The van der Waals surface area contributed by atoms with Crippen molar-refractivity contribution in [1.29, 1.82) is 0 Å². The van der Waals surface area contributed by atoms with Crippen LogP contribution in [0.4, 0.5) is 11.4 Å². The van der Waals surface area contributed by atoms with E-state index >= 15 is 0 Å². The minimum atomic E-state index is -4.09. The number of hydrogen-bond acceptors (Lipinski definition) is 5. The fourth-order valence-corrected chi connectivity index (χ4v) is 4.60. The summed E-state index contributed by atoms with van der Waals surface area (Å²) in [5.41, 5.74) is 6.03. The lowest BCUT2D eigenvalue weighted by Crippen LogP contribution is -2.36. The molecule has 3 aromatic rings. The van der Waals surface area contributed by atoms with Gasteiger partial charge in [-0.1, -0.05) is 68.8 Å². The zero-order valence-corrected chi connectivity index (χ0v) is 21.5. The van der Waals surface area contributed by atoms with Gasteiger partial charge >= 0.3 is 0 Å². The molecule has 4 rings (SSSR count). The number of nitrogens with zero attached hydrogens (tertiary/aromatic N) is 4. The van der Waals surface area contributed by atoms with E-state index in [4.69, 9.17) is 0 Å². The van der Waals surface area contributed by atoms with Gasteiger partial charge in [0, 0.05) is 0 Å². The van der Waals surface area contributed by atoms with E-state index in [1.54, 1.807) is 36.4 Å². The molecule has 8 nitrogen and oxygen atoms in total. The van der Waals surface area contributed by atoms with Crippen LogP contribution in [0, 0.1) is 6.92 Å². The fourth-order valence-electron chi connectivity index (χ4n) is 3.61. The third kappa shape index (κ3) is 5.36. The van der Waals surface area contributed by atoms with Crippen molar-refractivity contribution in [2.24, 2.45) is 14.6 Å². The van der Waals surface area contributed by atoms with E-state index in [0.29, 0.717) is 11.4 Å². The molecule has 36 heavy (non-hydrogen) atoms. The Hall–Kier alpha value is -3.85. The SMILES string of the molecule is CCC(C)(C)c1ccc(N=NC2C(=O)N(c3ccccc3)NC2=NS(=O)(=O)c2ccc(C)cc2)cc1. The summed E-state index contributed by atoms with van der Waals surface area (Å²) in [6.07, 6.45) is 0.987. The molecule has 0 bridgehead atoms. The lowest BCUT2D eigenvalue weighted by molar-refractivity contribution is -0.117. The van der Waals surface area contributed by atoms with E-state index in [1.165, 1.54) is 22.7 Å². The van der Waals surface area contributed by atoms with E-state index in [-0.39, 0.29) is 16.1 Å². The summed E-state index contributed by atoms with van der Waals surface area (Å²) in [7, 11) is -4.09. The molecule has 1 heterocycles. The first-order valence-electron chi connectivity index (χ1n) is 11.7.